The molecule has 1 amide bonds. The van der Waals surface area contributed by atoms with E-state index >= 15 is 0 Å². The van der Waals surface area contributed by atoms with Crippen LogP contribution in [0.3, 0.4) is 0 Å². The number of allylic oxidation sites excluding steroid dienone is 2. The van der Waals surface area contributed by atoms with Crippen molar-refractivity contribution in [1.29, 1.82) is 0 Å². The third-order valence-electron chi connectivity index (χ3n) is 3.66. The summed E-state index contributed by atoms with van der Waals surface area (Å²) in [6.45, 7) is 12.1. The van der Waals surface area contributed by atoms with Gasteiger partial charge in [-0.1, -0.05) is 32.1 Å². The number of rotatable bonds is 6. The van der Waals surface area contributed by atoms with Crippen LogP contribution in [-0.2, 0) is 4.79 Å². The Morgan fingerprint density at radius 2 is 2.00 bits per heavy atom. The topological polar surface area (TPSA) is 20.3 Å². The maximum Gasteiger partial charge on any atom is 0.249 e. The summed E-state index contributed by atoms with van der Waals surface area (Å²) in [7, 11) is 0. The fourth-order valence-corrected chi connectivity index (χ4v) is 2.53. The van der Waals surface area contributed by atoms with E-state index < -0.39 is 0 Å². The molecule has 0 saturated carbocycles. The van der Waals surface area contributed by atoms with Crippen molar-refractivity contribution in [3.05, 3.63) is 23.8 Å². The Bertz CT molecular complexity index is 324. The van der Waals surface area contributed by atoms with E-state index in [4.69, 9.17) is 0 Å². The van der Waals surface area contributed by atoms with Gasteiger partial charge in [0.1, 0.15) is 0 Å². The van der Waals surface area contributed by atoms with Gasteiger partial charge in [-0.2, -0.15) is 0 Å². The first-order chi connectivity index (χ1) is 8.60. The van der Waals surface area contributed by atoms with E-state index in [1.54, 1.807) is 0 Å². The fraction of sp³-hybridized carbons (Fsp3) is 0.688. The second kappa shape index (κ2) is 7.40. The van der Waals surface area contributed by atoms with Gasteiger partial charge in [0, 0.05) is 18.7 Å². The second-order valence-corrected chi connectivity index (χ2v) is 5.34. The number of nitrogens with zero attached hydrogens (tertiary/aromatic N) is 1. The van der Waals surface area contributed by atoms with Crippen molar-refractivity contribution in [2.75, 3.05) is 13.1 Å². The lowest BCUT2D eigenvalue weighted by Gasteiger charge is -2.27. The molecular weight excluding hydrogens is 222 g/mol. The molecule has 0 aromatic rings. The summed E-state index contributed by atoms with van der Waals surface area (Å²) in [6, 6.07) is 0. The molecule has 0 spiro atoms. The molecule has 1 unspecified atom stereocenters. The maximum absolute atomic E-state index is 12.4. The monoisotopic (exact) mass is 249 g/mol. The van der Waals surface area contributed by atoms with E-state index in [2.05, 4.69) is 33.4 Å². The van der Waals surface area contributed by atoms with E-state index in [0.29, 0.717) is 5.92 Å². The Morgan fingerprint density at radius 1 is 1.39 bits per heavy atom. The van der Waals surface area contributed by atoms with Crippen LogP contribution in [0.15, 0.2) is 23.8 Å². The molecule has 0 aromatic carbocycles. The molecule has 0 radical (unpaired) electrons. The van der Waals surface area contributed by atoms with Crippen LogP contribution >= 0.6 is 0 Å². The minimum atomic E-state index is 0.263. The Kier molecular flexibility index (Phi) is 6.17. The van der Waals surface area contributed by atoms with E-state index in [0.717, 1.165) is 50.8 Å². The lowest BCUT2D eigenvalue weighted by atomic mass is 9.85. The van der Waals surface area contributed by atoms with Crippen LogP contribution in [0.25, 0.3) is 0 Å². The van der Waals surface area contributed by atoms with Gasteiger partial charge >= 0.3 is 0 Å². The van der Waals surface area contributed by atoms with Crippen molar-refractivity contribution in [2.24, 2.45) is 5.92 Å². The zero-order chi connectivity index (χ0) is 13.5. The highest BCUT2D eigenvalue weighted by atomic mass is 16.2. The molecule has 0 N–H and O–H groups in total. The second-order valence-electron chi connectivity index (χ2n) is 5.34. The van der Waals surface area contributed by atoms with Gasteiger partial charge in [0.05, 0.1) is 0 Å². The van der Waals surface area contributed by atoms with E-state index in [9.17, 15) is 4.79 Å². The van der Waals surface area contributed by atoms with Gasteiger partial charge in [0.2, 0.25) is 5.91 Å². The first kappa shape index (κ1) is 15.0. The number of carbonyl (C=O) groups is 1. The highest BCUT2D eigenvalue weighted by Crippen LogP contribution is 2.29. The highest BCUT2D eigenvalue weighted by Gasteiger charge is 2.22. The molecule has 2 heteroatoms. The summed E-state index contributed by atoms with van der Waals surface area (Å²) in [5.41, 5.74) is 2.27. The third kappa shape index (κ3) is 4.01. The first-order valence-corrected chi connectivity index (χ1v) is 7.23. The molecule has 0 heterocycles. The zero-order valence-corrected chi connectivity index (χ0v) is 12.2. The van der Waals surface area contributed by atoms with Crippen molar-refractivity contribution in [3.63, 3.8) is 0 Å². The van der Waals surface area contributed by atoms with E-state index in [-0.39, 0.29) is 5.91 Å². The molecule has 1 rings (SSSR count). The summed E-state index contributed by atoms with van der Waals surface area (Å²) in [5, 5.41) is 0. The smallest absolute Gasteiger partial charge is 0.249 e. The Labute approximate surface area is 112 Å². The molecule has 1 aliphatic carbocycles. The Balaban J connectivity index is 2.63. The number of carbonyl (C=O) groups excluding carboxylic acids is 1. The van der Waals surface area contributed by atoms with E-state index in [1.165, 1.54) is 5.57 Å². The molecule has 1 atom stereocenters. The van der Waals surface area contributed by atoms with Crippen molar-refractivity contribution in [3.8, 4) is 0 Å². The molecule has 2 nitrogen and oxygen atoms in total. The predicted molar refractivity (Wildman–Crippen MR) is 77.4 cm³/mol. The molecule has 1 aliphatic rings. The van der Waals surface area contributed by atoms with Crippen molar-refractivity contribution in [2.45, 2.75) is 52.9 Å². The first-order valence-electron chi connectivity index (χ1n) is 7.23. The van der Waals surface area contributed by atoms with Crippen LogP contribution in [0.5, 0.6) is 0 Å². The molecule has 0 aromatic heterocycles. The number of hydrogen-bond donors (Lipinski definition) is 0. The van der Waals surface area contributed by atoms with Crippen molar-refractivity contribution >= 4 is 5.91 Å². The van der Waals surface area contributed by atoms with Gasteiger partial charge in [-0.15, -0.1) is 0 Å². The molecule has 18 heavy (non-hydrogen) atoms. The summed E-state index contributed by atoms with van der Waals surface area (Å²) >= 11 is 0. The summed E-state index contributed by atoms with van der Waals surface area (Å²) in [5.74, 6) is 0.839. The lowest BCUT2D eigenvalue weighted by Crippen LogP contribution is -2.34. The van der Waals surface area contributed by atoms with Crippen LogP contribution in [0.4, 0.5) is 0 Å². The average molecular weight is 249 g/mol. The fourth-order valence-electron chi connectivity index (χ4n) is 2.53. The van der Waals surface area contributed by atoms with Gasteiger partial charge in [0.25, 0.3) is 0 Å². The van der Waals surface area contributed by atoms with Gasteiger partial charge in [0.15, 0.2) is 0 Å². The van der Waals surface area contributed by atoms with Crippen LogP contribution in [-0.4, -0.2) is 23.9 Å². The zero-order valence-electron chi connectivity index (χ0n) is 12.2. The molecule has 0 fully saturated rings. The van der Waals surface area contributed by atoms with Crippen LogP contribution < -0.4 is 0 Å². The van der Waals surface area contributed by atoms with Crippen LogP contribution in [0.1, 0.15) is 52.9 Å². The molecule has 102 valence electrons. The normalized spacial score (nSPS) is 19.3. The molecule has 0 aliphatic heterocycles. The number of hydrogen-bond acceptors (Lipinski definition) is 1. The molecule has 0 saturated heterocycles. The maximum atomic E-state index is 12.4. The third-order valence-corrected chi connectivity index (χ3v) is 3.66. The Hall–Kier alpha value is -1.05. The largest absolute Gasteiger partial charge is 0.339 e. The van der Waals surface area contributed by atoms with Gasteiger partial charge < -0.3 is 4.90 Å². The predicted octanol–water partition coefficient (Wildman–Crippen LogP) is 3.94. The standard InChI is InChI=1S/C16H27NO/c1-5-11-17(12-6-2)16(18)15-9-7-14(8-10-15)13(3)4/h9,14H,3,5-8,10-12H2,1-2,4H3. The van der Waals surface area contributed by atoms with Gasteiger partial charge in [-0.05, 0) is 44.9 Å². The molecular formula is C16H27NO. The minimum absolute atomic E-state index is 0.263. The SMILES string of the molecule is C=C(C)C1CC=C(C(=O)N(CCC)CCC)CC1. The van der Waals surface area contributed by atoms with Crippen molar-refractivity contribution in [1.82, 2.24) is 4.90 Å². The summed E-state index contributed by atoms with van der Waals surface area (Å²) < 4.78 is 0. The van der Waals surface area contributed by atoms with E-state index in [1.807, 2.05) is 4.90 Å². The average Bonchev–Trinajstić information content (AvgIpc) is 2.38. The van der Waals surface area contributed by atoms with Gasteiger partial charge in [-0.25, -0.2) is 0 Å². The van der Waals surface area contributed by atoms with Crippen LogP contribution in [0.2, 0.25) is 0 Å². The Morgan fingerprint density at radius 3 is 2.39 bits per heavy atom. The molecule has 0 bridgehead atoms. The number of amides is 1. The van der Waals surface area contributed by atoms with Crippen LogP contribution in [0, 0.1) is 5.92 Å². The summed E-state index contributed by atoms with van der Waals surface area (Å²) in [4.78, 5) is 14.4. The highest BCUT2D eigenvalue weighted by molar-refractivity contribution is 5.93. The quantitative estimate of drug-likeness (QED) is 0.653. The summed E-state index contributed by atoms with van der Waals surface area (Å²) in [6.07, 6.45) is 7.20. The van der Waals surface area contributed by atoms with Gasteiger partial charge in [-0.3, -0.25) is 4.79 Å². The van der Waals surface area contributed by atoms with Crippen molar-refractivity contribution < 1.29 is 4.79 Å². The minimum Gasteiger partial charge on any atom is -0.339 e. The lowest BCUT2D eigenvalue weighted by molar-refractivity contribution is -0.127.